The van der Waals surface area contributed by atoms with Crippen molar-refractivity contribution in [1.82, 2.24) is 4.90 Å². The van der Waals surface area contributed by atoms with Crippen molar-refractivity contribution in [1.29, 1.82) is 5.26 Å². The highest BCUT2D eigenvalue weighted by Crippen LogP contribution is 2.21. The third-order valence-corrected chi connectivity index (χ3v) is 4.47. The number of benzene rings is 2. The second-order valence-electron chi connectivity index (χ2n) is 5.87. The highest BCUT2D eigenvalue weighted by Gasteiger charge is 2.26. The van der Waals surface area contributed by atoms with E-state index in [-0.39, 0.29) is 0 Å². The molecule has 1 heterocycles. The Morgan fingerprint density at radius 1 is 1.04 bits per heavy atom. The van der Waals surface area contributed by atoms with Gasteiger partial charge in [-0.25, -0.2) is 0 Å². The summed E-state index contributed by atoms with van der Waals surface area (Å²) in [5.41, 5.74) is 1.65. The molecule has 6 nitrogen and oxygen atoms in total. The number of anilines is 2. The smallest absolute Gasteiger partial charge is 0.313 e. The lowest BCUT2D eigenvalue weighted by molar-refractivity contribution is -0.143. The van der Waals surface area contributed by atoms with E-state index >= 15 is 0 Å². The topological polar surface area (TPSA) is 76.4 Å². The maximum Gasteiger partial charge on any atom is 0.313 e. The molecule has 0 radical (unpaired) electrons. The minimum absolute atomic E-state index is 0.319. The Balaban J connectivity index is 1.59. The Bertz CT molecular complexity index is 870. The Morgan fingerprint density at radius 2 is 1.77 bits per heavy atom. The number of rotatable bonds is 2. The molecule has 1 saturated heterocycles. The summed E-state index contributed by atoms with van der Waals surface area (Å²) in [6.45, 7) is 2.12. The Kier molecular flexibility index (Phi) is 5.40. The molecule has 3 rings (SSSR count). The molecule has 0 atom stereocenters. The molecule has 2 aromatic rings. The summed E-state index contributed by atoms with van der Waals surface area (Å²) < 4.78 is 0. The van der Waals surface area contributed by atoms with Crippen LogP contribution in [0.4, 0.5) is 11.4 Å². The lowest BCUT2D eigenvalue weighted by Crippen LogP contribution is -2.51. The first-order valence-electron chi connectivity index (χ1n) is 8.18. The summed E-state index contributed by atoms with van der Waals surface area (Å²) in [4.78, 5) is 28.3. The highest BCUT2D eigenvalue weighted by molar-refractivity contribution is 6.39. The number of nitrogens with zero attached hydrogens (tertiary/aromatic N) is 3. The van der Waals surface area contributed by atoms with E-state index in [0.29, 0.717) is 42.5 Å². The van der Waals surface area contributed by atoms with E-state index in [4.69, 9.17) is 16.9 Å². The molecule has 0 aromatic heterocycles. The van der Waals surface area contributed by atoms with Gasteiger partial charge in [-0.05, 0) is 30.3 Å². The van der Waals surface area contributed by atoms with Gasteiger partial charge in [0.2, 0.25) is 0 Å². The van der Waals surface area contributed by atoms with Crippen LogP contribution in [0.25, 0.3) is 0 Å². The molecule has 1 fully saturated rings. The quantitative estimate of drug-likeness (QED) is 0.826. The van der Waals surface area contributed by atoms with Crippen molar-refractivity contribution in [3.05, 3.63) is 59.1 Å². The fraction of sp³-hybridized carbons (Fsp3) is 0.211. The van der Waals surface area contributed by atoms with Crippen molar-refractivity contribution in [3.63, 3.8) is 0 Å². The number of carbonyl (C=O) groups is 2. The van der Waals surface area contributed by atoms with Crippen molar-refractivity contribution in [2.24, 2.45) is 0 Å². The minimum atomic E-state index is -0.732. The van der Waals surface area contributed by atoms with Crippen LogP contribution in [-0.4, -0.2) is 42.9 Å². The number of para-hydroxylation sites is 1. The third kappa shape index (κ3) is 3.95. The molecule has 0 spiro atoms. The van der Waals surface area contributed by atoms with Crippen molar-refractivity contribution in [3.8, 4) is 6.07 Å². The standard InChI is InChI=1S/C19H17ClN4O2/c20-15-5-3-6-16(12-15)23-8-10-24(11-9-23)19(26)18(25)22-17-7-2-1-4-14(17)13-21/h1-7,12H,8-11H2,(H,22,25). The molecule has 0 bridgehead atoms. The molecule has 1 N–H and O–H groups in total. The summed E-state index contributed by atoms with van der Waals surface area (Å²) in [5, 5.41) is 12.3. The van der Waals surface area contributed by atoms with E-state index in [1.807, 2.05) is 30.3 Å². The van der Waals surface area contributed by atoms with Crippen molar-refractivity contribution >= 4 is 34.8 Å². The van der Waals surface area contributed by atoms with Crippen LogP contribution >= 0.6 is 11.6 Å². The van der Waals surface area contributed by atoms with Crippen molar-refractivity contribution in [2.75, 3.05) is 36.4 Å². The van der Waals surface area contributed by atoms with Crippen LogP contribution in [0.1, 0.15) is 5.56 Å². The summed E-state index contributed by atoms with van der Waals surface area (Å²) in [6, 6.07) is 16.1. The third-order valence-electron chi connectivity index (χ3n) is 4.23. The van der Waals surface area contributed by atoms with Gasteiger partial charge in [-0.2, -0.15) is 5.26 Å². The molecular formula is C19H17ClN4O2. The van der Waals surface area contributed by atoms with Gasteiger partial charge in [0, 0.05) is 36.9 Å². The second kappa shape index (κ2) is 7.89. The average molecular weight is 369 g/mol. The summed E-state index contributed by atoms with van der Waals surface area (Å²) >= 11 is 6.02. The van der Waals surface area contributed by atoms with E-state index in [1.165, 1.54) is 4.90 Å². The monoisotopic (exact) mass is 368 g/mol. The predicted molar refractivity (Wildman–Crippen MR) is 100 cm³/mol. The van der Waals surface area contributed by atoms with Gasteiger partial charge >= 0.3 is 11.8 Å². The number of halogens is 1. The first-order valence-corrected chi connectivity index (χ1v) is 8.56. The lowest BCUT2D eigenvalue weighted by atomic mass is 10.2. The number of hydrogen-bond acceptors (Lipinski definition) is 4. The molecular weight excluding hydrogens is 352 g/mol. The van der Waals surface area contributed by atoms with Gasteiger partial charge < -0.3 is 15.1 Å². The van der Waals surface area contributed by atoms with E-state index in [0.717, 1.165) is 5.69 Å². The molecule has 1 aliphatic rings. The molecule has 1 aliphatic heterocycles. The molecule has 26 heavy (non-hydrogen) atoms. The second-order valence-corrected chi connectivity index (χ2v) is 6.31. The number of amides is 2. The van der Waals surface area contributed by atoms with Gasteiger partial charge in [-0.1, -0.05) is 29.8 Å². The number of nitriles is 1. The maximum absolute atomic E-state index is 12.4. The number of hydrogen-bond donors (Lipinski definition) is 1. The van der Waals surface area contributed by atoms with Gasteiger partial charge in [-0.15, -0.1) is 0 Å². The SMILES string of the molecule is N#Cc1ccccc1NC(=O)C(=O)N1CCN(c2cccc(Cl)c2)CC1. The molecule has 2 amide bonds. The number of piperazine rings is 1. The predicted octanol–water partition coefficient (Wildman–Crippen LogP) is 2.50. The van der Waals surface area contributed by atoms with E-state index in [2.05, 4.69) is 10.2 Å². The Hall–Kier alpha value is -3.04. The summed E-state index contributed by atoms with van der Waals surface area (Å²) in [5.74, 6) is -1.33. The largest absolute Gasteiger partial charge is 0.368 e. The van der Waals surface area contributed by atoms with Crippen LogP contribution < -0.4 is 10.2 Å². The van der Waals surface area contributed by atoms with Crippen LogP contribution in [0.15, 0.2) is 48.5 Å². The van der Waals surface area contributed by atoms with Crippen LogP contribution in [-0.2, 0) is 9.59 Å². The lowest BCUT2D eigenvalue weighted by Gasteiger charge is -2.35. The van der Waals surface area contributed by atoms with Gasteiger partial charge in [0.05, 0.1) is 11.3 Å². The molecule has 132 valence electrons. The molecule has 0 unspecified atom stereocenters. The Labute approximate surface area is 156 Å². The molecule has 0 saturated carbocycles. The van der Waals surface area contributed by atoms with E-state index < -0.39 is 11.8 Å². The van der Waals surface area contributed by atoms with E-state index in [9.17, 15) is 9.59 Å². The van der Waals surface area contributed by atoms with Crippen LogP contribution in [0, 0.1) is 11.3 Å². The highest BCUT2D eigenvalue weighted by atomic mass is 35.5. The first-order chi connectivity index (χ1) is 12.6. The van der Waals surface area contributed by atoms with E-state index in [1.54, 1.807) is 24.3 Å². The van der Waals surface area contributed by atoms with Gasteiger partial charge in [0.15, 0.2) is 0 Å². The molecule has 0 aliphatic carbocycles. The summed E-state index contributed by atoms with van der Waals surface area (Å²) in [7, 11) is 0. The molecule has 2 aromatic carbocycles. The summed E-state index contributed by atoms with van der Waals surface area (Å²) in [6.07, 6.45) is 0. The van der Waals surface area contributed by atoms with Crippen LogP contribution in [0.3, 0.4) is 0 Å². The maximum atomic E-state index is 12.4. The van der Waals surface area contributed by atoms with Crippen LogP contribution in [0.5, 0.6) is 0 Å². The van der Waals surface area contributed by atoms with Gasteiger partial charge in [0.1, 0.15) is 6.07 Å². The van der Waals surface area contributed by atoms with Crippen LogP contribution in [0.2, 0.25) is 5.02 Å². The normalized spacial score (nSPS) is 13.8. The molecule has 7 heteroatoms. The zero-order chi connectivity index (χ0) is 18.5. The fourth-order valence-corrected chi connectivity index (χ4v) is 3.03. The fourth-order valence-electron chi connectivity index (χ4n) is 2.85. The van der Waals surface area contributed by atoms with Gasteiger partial charge in [0.25, 0.3) is 0 Å². The van der Waals surface area contributed by atoms with Crippen molar-refractivity contribution < 1.29 is 9.59 Å². The zero-order valence-electron chi connectivity index (χ0n) is 14.0. The zero-order valence-corrected chi connectivity index (χ0v) is 14.7. The number of nitrogens with one attached hydrogen (secondary N) is 1. The number of carbonyl (C=O) groups excluding carboxylic acids is 2. The Morgan fingerprint density at radius 3 is 2.46 bits per heavy atom. The van der Waals surface area contributed by atoms with Crippen molar-refractivity contribution in [2.45, 2.75) is 0 Å². The van der Waals surface area contributed by atoms with Gasteiger partial charge in [-0.3, -0.25) is 9.59 Å². The first kappa shape index (κ1) is 17.8. The minimum Gasteiger partial charge on any atom is -0.368 e. The average Bonchev–Trinajstić information content (AvgIpc) is 2.68.